The second-order valence-electron chi connectivity index (χ2n) is 8.63. The third kappa shape index (κ3) is 4.43. The van der Waals surface area contributed by atoms with Gasteiger partial charge in [-0.2, -0.15) is 0 Å². The lowest BCUT2D eigenvalue weighted by atomic mass is 9.70. The fourth-order valence-corrected chi connectivity index (χ4v) is 4.08. The van der Waals surface area contributed by atoms with E-state index < -0.39 is 0 Å². The van der Waals surface area contributed by atoms with Gasteiger partial charge >= 0.3 is 5.97 Å². The summed E-state index contributed by atoms with van der Waals surface area (Å²) < 4.78 is 5.29. The Morgan fingerprint density at radius 2 is 1.65 bits per heavy atom. The summed E-state index contributed by atoms with van der Waals surface area (Å²) in [5.41, 5.74) is 2.46. The number of aromatic nitrogens is 1. The van der Waals surface area contributed by atoms with Gasteiger partial charge in [-0.25, -0.2) is 0 Å². The summed E-state index contributed by atoms with van der Waals surface area (Å²) >= 11 is 0. The van der Waals surface area contributed by atoms with Crippen LogP contribution in [0.3, 0.4) is 0 Å². The Bertz CT molecular complexity index is 700. The van der Waals surface area contributed by atoms with E-state index in [2.05, 4.69) is 25.8 Å². The Balaban J connectivity index is 1.91. The Labute approximate surface area is 155 Å². The van der Waals surface area contributed by atoms with Crippen LogP contribution < -0.4 is 0 Å². The highest BCUT2D eigenvalue weighted by molar-refractivity contribution is 6.04. The van der Waals surface area contributed by atoms with Gasteiger partial charge < -0.3 is 9.72 Å². The van der Waals surface area contributed by atoms with Crippen molar-refractivity contribution in [1.29, 1.82) is 0 Å². The molecular formula is C21H31NO4. The summed E-state index contributed by atoms with van der Waals surface area (Å²) in [6.07, 6.45) is 3.69. The van der Waals surface area contributed by atoms with Crippen LogP contribution >= 0.6 is 0 Å². The Morgan fingerprint density at radius 3 is 2.12 bits per heavy atom. The number of ketones is 2. The summed E-state index contributed by atoms with van der Waals surface area (Å²) in [5, 5.41) is 0. The topological polar surface area (TPSA) is 76.2 Å². The van der Waals surface area contributed by atoms with Crippen LogP contribution in [0.4, 0.5) is 0 Å². The number of rotatable bonds is 5. The van der Waals surface area contributed by atoms with Gasteiger partial charge in [0, 0.05) is 11.3 Å². The molecule has 2 rings (SSSR count). The van der Waals surface area contributed by atoms with Crippen molar-refractivity contribution in [1.82, 2.24) is 4.98 Å². The first-order chi connectivity index (χ1) is 12.0. The second-order valence-corrected chi connectivity index (χ2v) is 8.63. The van der Waals surface area contributed by atoms with Crippen molar-refractivity contribution in [2.75, 3.05) is 6.61 Å². The van der Waals surface area contributed by atoms with Crippen LogP contribution in [0.5, 0.6) is 0 Å². The number of Topliss-reactive ketones (excluding diaryl/α,β-unsaturated/α-hetero) is 2. The van der Waals surface area contributed by atoms with E-state index in [0.717, 1.165) is 25.7 Å². The van der Waals surface area contributed by atoms with Gasteiger partial charge in [0.25, 0.3) is 0 Å². The number of aromatic amines is 1. The normalized spacial score (nSPS) is 20.7. The van der Waals surface area contributed by atoms with Crippen molar-refractivity contribution in [3.8, 4) is 0 Å². The lowest BCUT2D eigenvalue weighted by Gasteiger charge is -2.36. The van der Waals surface area contributed by atoms with Gasteiger partial charge in [0.05, 0.1) is 11.6 Å². The number of nitrogens with one attached hydrogen (secondary N) is 1. The fraction of sp³-hybridized carbons (Fsp3) is 0.667. The highest BCUT2D eigenvalue weighted by Gasteiger charge is 2.33. The molecule has 0 amide bonds. The Hall–Kier alpha value is -1.91. The van der Waals surface area contributed by atoms with Crippen LogP contribution in [0.1, 0.15) is 85.5 Å². The maximum absolute atomic E-state index is 12.4. The average molecular weight is 361 g/mol. The molecule has 5 heteroatoms. The summed E-state index contributed by atoms with van der Waals surface area (Å²) in [5.74, 6) is -0.139. The fourth-order valence-electron chi connectivity index (χ4n) is 4.08. The third-order valence-corrected chi connectivity index (χ3v) is 5.70. The molecule has 1 aromatic rings. The molecule has 0 unspecified atom stereocenters. The maximum atomic E-state index is 12.4. The van der Waals surface area contributed by atoms with Gasteiger partial charge in [0.2, 0.25) is 5.78 Å². The van der Waals surface area contributed by atoms with Gasteiger partial charge in [-0.05, 0) is 63.4 Å². The van der Waals surface area contributed by atoms with Crippen molar-refractivity contribution in [3.05, 3.63) is 22.5 Å². The number of aryl methyl sites for hydroxylation is 1. The molecule has 1 aliphatic carbocycles. The van der Waals surface area contributed by atoms with E-state index in [1.54, 1.807) is 13.8 Å². The van der Waals surface area contributed by atoms with Crippen LogP contribution in [0, 0.1) is 31.1 Å². The molecule has 0 aromatic carbocycles. The minimum Gasteiger partial charge on any atom is -0.457 e. The van der Waals surface area contributed by atoms with Gasteiger partial charge in [-0.1, -0.05) is 20.8 Å². The standard InChI is InChI=1S/C21H31NO4/c1-12-18(14(3)23)13(2)22-19(12)17(24)11-26-20(25)15-7-9-16(10-8-15)21(4,5)6/h15-16,22H,7-11H2,1-6H3. The van der Waals surface area contributed by atoms with E-state index >= 15 is 0 Å². The van der Waals surface area contributed by atoms with Crippen molar-refractivity contribution >= 4 is 17.5 Å². The number of H-pyrrole nitrogens is 1. The quantitative estimate of drug-likeness (QED) is 0.622. The van der Waals surface area contributed by atoms with Crippen molar-refractivity contribution < 1.29 is 19.1 Å². The van der Waals surface area contributed by atoms with E-state index in [1.165, 1.54) is 6.92 Å². The smallest absolute Gasteiger partial charge is 0.309 e. The highest BCUT2D eigenvalue weighted by Crippen LogP contribution is 2.40. The van der Waals surface area contributed by atoms with E-state index in [-0.39, 0.29) is 35.5 Å². The first kappa shape index (κ1) is 20.4. The highest BCUT2D eigenvalue weighted by atomic mass is 16.5. The zero-order valence-corrected chi connectivity index (χ0v) is 16.8. The molecule has 1 aromatic heterocycles. The molecular weight excluding hydrogens is 330 g/mol. The van der Waals surface area contributed by atoms with Crippen LogP contribution in [0.2, 0.25) is 0 Å². The van der Waals surface area contributed by atoms with Crippen LogP contribution in [0.25, 0.3) is 0 Å². The molecule has 0 radical (unpaired) electrons. The molecule has 0 bridgehead atoms. The molecule has 1 N–H and O–H groups in total. The van der Waals surface area contributed by atoms with Gasteiger partial charge in [0.1, 0.15) is 0 Å². The van der Waals surface area contributed by atoms with Crippen LogP contribution in [-0.2, 0) is 9.53 Å². The summed E-state index contributed by atoms with van der Waals surface area (Å²) in [4.78, 5) is 39.4. The molecule has 1 aliphatic rings. The zero-order chi connectivity index (χ0) is 19.6. The van der Waals surface area contributed by atoms with Crippen molar-refractivity contribution in [2.45, 2.75) is 67.2 Å². The summed E-state index contributed by atoms with van der Waals surface area (Å²) in [6.45, 7) is 11.4. The molecule has 1 fully saturated rings. The lowest BCUT2D eigenvalue weighted by molar-refractivity contribution is -0.149. The number of hydrogen-bond acceptors (Lipinski definition) is 4. The van der Waals surface area contributed by atoms with E-state index in [4.69, 9.17) is 4.74 Å². The largest absolute Gasteiger partial charge is 0.457 e. The number of carbonyl (C=O) groups is 3. The van der Waals surface area contributed by atoms with E-state index in [9.17, 15) is 14.4 Å². The number of hydrogen-bond donors (Lipinski definition) is 1. The van der Waals surface area contributed by atoms with Crippen molar-refractivity contribution in [2.24, 2.45) is 17.3 Å². The molecule has 1 heterocycles. The second kappa shape index (κ2) is 7.77. The molecule has 0 saturated heterocycles. The monoisotopic (exact) mass is 361 g/mol. The van der Waals surface area contributed by atoms with Gasteiger partial charge in [0.15, 0.2) is 12.4 Å². The Morgan fingerprint density at radius 1 is 1.08 bits per heavy atom. The SMILES string of the molecule is CC(=O)c1c(C)[nH]c(C(=O)COC(=O)C2CCC(C(C)(C)C)CC2)c1C. The molecule has 0 spiro atoms. The zero-order valence-electron chi connectivity index (χ0n) is 16.8. The lowest BCUT2D eigenvalue weighted by Crippen LogP contribution is -2.30. The molecule has 0 atom stereocenters. The summed E-state index contributed by atoms with van der Waals surface area (Å²) in [6, 6.07) is 0. The maximum Gasteiger partial charge on any atom is 0.309 e. The van der Waals surface area contributed by atoms with Gasteiger partial charge in [-0.3, -0.25) is 14.4 Å². The minimum atomic E-state index is -0.296. The minimum absolute atomic E-state index is 0.0806. The average Bonchev–Trinajstić information content (AvgIpc) is 2.86. The number of carbonyl (C=O) groups excluding carboxylic acids is 3. The molecule has 0 aliphatic heterocycles. The third-order valence-electron chi connectivity index (χ3n) is 5.70. The molecule has 5 nitrogen and oxygen atoms in total. The molecule has 26 heavy (non-hydrogen) atoms. The van der Waals surface area contributed by atoms with Crippen LogP contribution in [0.15, 0.2) is 0 Å². The molecule has 144 valence electrons. The number of ether oxygens (including phenoxy) is 1. The van der Waals surface area contributed by atoms with E-state index in [1.807, 2.05) is 0 Å². The van der Waals surface area contributed by atoms with Gasteiger partial charge in [-0.15, -0.1) is 0 Å². The van der Waals surface area contributed by atoms with Crippen LogP contribution in [-0.4, -0.2) is 29.1 Å². The predicted molar refractivity (Wildman–Crippen MR) is 100 cm³/mol. The van der Waals surface area contributed by atoms with E-state index in [0.29, 0.717) is 28.4 Å². The predicted octanol–water partition coefficient (Wildman–Crippen LogP) is 4.41. The Kier molecular flexibility index (Phi) is 6.09. The number of esters is 1. The first-order valence-electron chi connectivity index (χ1n) is 9.42. The summed E-state index contributed by atoms with van der Waals surface area (Å²) in [7, 11) is 0. The van der Waals surface area contributed by atoms with Crippen molar-refractivity contribution in [3.63, 3.8) is 0 Å². The first-order valence-corrected chi connectivity index (χ1v) is 9.42. The molecule has 1 saturated carbocycles.